The van der Waals surface area contributed by atoms with E-state index in [0.717, 1.165) is 50.9 Å². The maximum atomic E-state index is 13.1. The van der Waals surface area contributed by atoms with Gasteiger partial charge in [-0.1, -0.05) is 12.1 Å². The molecule has 26 heavy (non-hydrogen) atoms. The van der Waals surface area contributed by atoms with Crippen molar-refractivity contribution < 1.29 is 19.1 Å². The molecule has 1 N–H and O–H groups in total. The van der Waals surface area contributed by atoms with Crippen LogP contribution >= 0.6 is 0 Å². The van der Waals surface area contributed by atoms with Gasteiger partial charge >= 0.3 is 5.97 Å². The van der Waals surface area contributed by atoms with Crippen LogP contribution in [0.2, 0.25) is 0 Å². The van der Waals surface area contributed by atoms with Gasteiger partial charge in [0.05, 0.1) is 0 Å². The van der Waals surface area contributed by atoms with Crippen molar-refractivity contribution in [3.05, 3.63) is 35.6 Å². The topological polar surface area (TPSA) is 60.9 Å². The minimum Gasteiger partial charge on any atom is -0.480 e. The van der Waals surface area contributed by atoms with E-state index in [0.29, 0.717) is 13.0 Å². The molecule has 4 rings (SSSR count). The van der Waals surface area contributed by atoms with Crippen molar-refractivity contribution in [1.29, 1.82) is 0 Å². The van der Waals surface area contributed by atoms with Crippen LogP contribution in [0.4, 0.5) is 4.39 Å². The Hall–Kier alpha value is -1.95. The van der Waals surface area contributed by atoms with Crippen LogP contribution in [0.5, 0.6) is 0 Å². The number of piperidine rings is 1. The zero-order valence-corrected chi connectivity index (χ0v) is 14.9. The summed E-state index contributed by atoms with van der Waals surface area (Å²) in [6.07, 6.45) is 4.42. The lowest BCUT2D eigenvalue weighted by molar-refractivity contribution is -0.142. The number of likely N-dealkylation sites (tertiary alicyclic amines) is 2. The Bertz CT molecular complexity index is 694. The Kier molecular flexibility index (Phi) is 4.47. The Morgan fingerprint density at radius 3 is 2.38 bits per heavy atom. The highest BCUT2D eigenvalue weighted by Gasteiger charge is 2.49. The van der Waals surface area contributed by atoms with Crippen LogP contribution < -0.4 is 0 Å². The van der Waals surface area contributed by atoms with Gasteiger partial charge in [-0.3, -0.25) is 14.5 Å². The number of amides is 1. The second-order valence-corrected chi connectivity index (χ2v) is 8.19. The lowest BCUT2D eigenvalue weighted by Crippen LogP contribution is -2.44. The molecule has 0 radical (unpaired) electrons. The minimum atomic E-state index is -0.791. The summed E-state index contributed by atoms with van der Waals surface area (Å²) in [6.45, 7) is 2.73. The molecule has 5 nitrogen and oxygen atoms in total. The number of hydrogen-bond acceptors (Lipinski definition) is 3. The average Bonchev–Trinajstić information content (AvgIpc) is 3.41. The van der Waals surface area contributed by atoms with Crippen LogP contribution in [0.25, 0.3) is 0 Å². The molecular formula is C20H25FN2O3. The average molecular weight is 360 g/mol. The van der Waals surface area contributed by atoms with Crippen LogP contribution in [0, 0.1) is 17.2 Å². The fourth-order valence-electron chi connectivity index (χ4n) is 4.53. The van der Waals surface area contributed by atoms with E-state index < -0.39 is 12.0 Å². The van der Waals surface area contributed by atoms with Gasteiger partial charge in [0, 0.05) is 32.1 Å². The minimum absolute atomic E-state index is 0.0244. The first kappa shape index (κ1) is 17.5. The van der Waals surface area contributed by atoms with E-state index in [9.17, 15) is 19.1 Å². The maximum absolute atomic E-state index is 13.1. The van der Waals surface area contributed by atoms with Crippen molar-refractivity contribution in [1.82, 2.24) is 9.80 Å². The van der Waals surface area contributed by atoms with Crippen molar-refractivity contribution in [3.63, 3.8) is 0 Å². The van der Waals surface area contributed by atoms with Gasteiger partial charge in [-0.25, -0.2) is 4.39 Å². The lowest BCUT2D eigenvalue weighted by atomic mass is 9.76. The molecule has 1 atom stereocenters. The molecule has 1 unspecified atom stereocenters. The molecule has 2 heterocycles. The van der Waals surface area contributed by atoms with Crippen molar-refractivity contribution in [2.75, 3.05) is 19.6 Å². The standard InChI is InChI=1S/C20H25FN2O3/c21-16-5-1-14(2-6-16)12-23-13-20(11-17(23)19(25)26)7-9-22(10-8-20)18(24)15-3-4-15/h1-2,5-6,15,17H,3-4,7-13H2,(H,25,26). The number of nitrogens with zero attached hydrogens (tertiary/aromatic N) is 2. The molecule has 0 bridgehead atoms. The molecule has 1 aromatic carbocycles. The molecule has 1 aliphatic carbocycles. The third-order valence-electron chi connectivity index (χ3n) is 6.25. The molecule has 6 heteroatoms. The van der Waals surface area contributed by atoms with Gasteiger partial charge in [0.2, 0.25) is 5.91 Å². The number of carboxylic acid groups (broad SMARTS) is 1. The molecule has 2 saturated heterocycles. The summed E-state index contributed by atoms with van der Waals surface area (Å²) >= 11 is 0. The number of carboxylic acids is 1. The Balaban J connectivity index is 1.43. The van der Waals surface area contributed by atoms with E-state index >= 15 is 0 Å². The summed E-state index contributed by atoms with van der Waals surface area (Å²) in [4.78, 5) is 28.0. The van der Waals surface area contributed by atoms with E-state index in [2.05, 4.69) is 0 Å². The van der Waals surface area contributed by atoms with Gasteiger partial charge < -0.3 is 10.0 Å². The van der Waals surface area contributed by atoms with E-state index in [-0.39, 0.29) is 23.1 Å². The quantitative estimate of drug-likeness (QED) is 0.896. The zero-order valence-electron chi connectivity index (χ0n) is 14.9. The maximum Gasteiger partial charge on any atom is 0.320 e. The molecule has 3 aliphatic rings. The Morgan fingerprint density at radius 1 is 1.15 bits per heavy atom. The molecule has 1 spiro atoms. The molecule has 140 valence electrons. The highest BCUT2D eigenvalue weighted by Crippen LogP contribution is 2.44. The first-order chi connectivity index (χ1) is 12.5. The summed E-state index contributed by atoms with van der Waals surface area (Å²) in [5.41, 5.74) is 0.903. The monoisotopic (exact) mass is 360 g/mol. The first-order valence-electron chi connectivity index (χ1n) is 9.46. The predicted octanol–water partition coefficient (Wildman–Crippen LogP) is 2.50. The Labute approximate surface area is 152 Å². The largest absolute Gasteiger partial charge is 0.480 e. The summed E-state index contributed by atoms with van der Waals surface area (Å²) in [5, 5.41) is 9.67. The van der Waals surface area contributed by atoms with E-state index in [1.54, 1.807) is 12.1 Å². The summed E-state index contributed by atoms with van der Waals surface area (Å²) in [7, 11) is 0. The van der Waals surface area contributed by atoms with Gasteiger partial charge in [-0.15, -0.1) is 0 Å². The van der Waals surface area contributed by atoms with Gasteiger partial charge in [0.25, 0.3) is 0 Å². The third-order valence-corrected chi connectivity index (χ3v) is 6.25. The fourth-order valence-corrected chi connectivity index (χ4v) is 4.53. The summed E-state index contributed by atoms with van der Waals surface area (Å²) in [5.74, 6) is -0.542. The first-order valence-corrected chi connectivity index (χ1v) is 9.46. The smallest absolute Gasteiger partial charge is 0.320 e. The van der Waals surface area contributed by atoms with Crippen molar-refractivity contribution in [2.45, 2.75) is 44.7 Å². The van der Waals surface area contributed by atoms with E-state index in [4.69, 9.17) is 0 Å². The second kappa shape index (κ2) is 6.65. The number of carbonyl (C=O) groups is 2. The highest BCUT2D eigenvalue weighted by molar-refractivity contribution is 5.81. The molecule has 1 saturated carbocycles. The molecule has 2 aliphatic heterocycles. The molecule has 1 amide bonds. The number of halogens is 1. The van der Waals surface area contributed by atoms with Crippen LogP contribution in [0.15, 0.2) is 24.3 Å². The second-order valence-electron chi connectivity index (χ2n) is 8.19. The fraction of sp³-hybridized carbons (Fsp3) is 0.600. The van der Waals surface area contributed by atoms with Crippen LogP contribution in [0.1, 0.15) is 37.7 Å². The van der Waals surface area contributed by atoms with Crippen LogP contribution in [-0.4, -0.2) is 52.5 Å². The number of rotatable bonds is 4. The molecule has 3 fully saturated rings. The van der Waals surface area contributed by atoms with Crippen molar-refractivity contribution >= 4 is 11.9 Å². The highest BCUT2D eigenvalue weighted by atomic mass is 19.1. The lowest BCUT2D eigenvalue weighted by Gasteiger charge is -2.39. The summed E-state index contributed by atoms with van der Waals surface area (Å²) < 4.78 is 13.1. The van der Waals surface area contributed by atoms with Crippen LogP contribution in [-0.2, 0) is 16.1 Å². The van der Waals surface area contributed by atoms with Crippen molar-refractivity contribution in [2.24, 2.45) is 11.3 Å². The zero-order chi connectivity index (χ0) is 18.3. The van der Waals surface area contributed by atoms with Crippen LogP contribution in [0.3, 0.4) is 0 Å². The van der Waals surface area contributed by atoms with E-state index in [1.807, 2.05) is 9.80 Å². The summed E-state index contributed by atoms with van der Waals surface area (Å²) in [6, 6.07) is 5.76. The molecular weight excluding hydrogens is 335 g/mol. The van der Waals surface area contributed by atoms with Crippen molar-refractivity contribution in [3.8, 4) is 0 Å². The van der Waals surface area contributed by atoms with Gasteiger partial charge in [0.15, 0.2) is 0 Å². The SMILES string of the molecule is O=C(O)C1CC2(CCN(C(=O)C3CC3)CC2)CN1Cc1ccc(F)cc1. The predicted molar refractivity (Wildman–Crippen MR) is 93.8 cm³/mol. The number of carbonyl (C=O) groups excluding carboxylic acids is 1. The van der Waals surface area contributed by atoms with Gasteiger partial charge in [-0.05, 0) is 55.2 Å². The van der Waals surface area contributed by atoms with Gasteiger partial charge in [0.1, 0.15) is 11.9 Å². The van der Waals surface area contributed by atoms with E-state index in [1.165, 1.54) is 12.1 Å². The molecule has 0 aromatic heterocycles. The normalized spacial score (nSPS) is 25.6. The molecule has 1 aromatic rings. The Morgan fingerprint density at radius 2 is 1.81 bits per heavy atom. The number of aliphatic carboxylic acids is 1. The number of benzene rings is 1. The number of hydrogen-bond donors (Lipinski definition) is 1. The third kappa shape index (κ3) is 3.47. The van der Waals surface area contributed by atoms with Gasteiger partial charge in [-0.2, -0.15) is 0 Å².